The standard InChI is InChI=1S/C14H20F2N4O3S/c1-2-24(22,23)4-3-18-6-11-5-17-10-20(11)12(7-18)13(21)19-8-14(15,16)9-19/h5,10,12H,2-4,6-9H2,1H3/t12-/m1/s1. The summed E-state index contributed by atoms with van der Waals surface area (Å²) in [5, 5.41) is 0. The molecule has 1 atom stereocenters. The molecule has 0 aromatic carbocycles. The predicted octanol–water partition coefficient (Wildman–Crippen LogP) is 0.152. The highest BCUT2D eigenvalue weighted by molar-refractivity contribution is 7.91. The van der Waals surface area contributed by atoms with Crippen molar-refractivity contribution in [1.82, 2.24) is 19.4 Å². The van der Waals surface area contributed by atoms with Crippen LogP contribution in [-0.4, -0.2) is 77.3 Å². The lowest BCUT2D eigenvalue weighted by Crippen LogP contribution is -2.61. The molecule has 0 spiro atoms. The van der Waals surface area contributed by atoms with Crippen LogP contribution >= 0.6 is 0 Å². The Morgan fingerprint density at radius 3 is 2.75 bits per heavy atom. The first-order valence-corrected chi connectivity index (χ1v) is 9.63. The molecule has 134 valence electrons. The number of alkyl halides is 2. The Morgan fingerprint density at radius 2 is 2.12 bits per heavy atom. The Morgan fingerprint density at radius 1 is 1.42 bits per heavy atom. The van der Waals surface area contributed by atoms with Crippen LogP contribution in [0.3, 0.4) is 0 Å². The van der Waals surface area contributed by atoms with Crippen molar-refractivity contribution >= 4 is 15.7 Å². The zero-order chi connectivity index (χ0) is 17.5. The molecule has 0 bridgehead atoms. The van der Waals surface area contributed by atoms with E-state index in [2.05, 4.69) is 4.98 Å². The van der Waals surface area contributed by atoms with Crippen LogP contribution in [0.4, 0.5) is 8.78 Å². The highest BCUT2D eigenvalue weighted by Crippen LogP contribution is 2.31. The van der Waals surface area contributed by atoms with Gasteiger partial charge in [0.2, 0.25) is 5.91 Å². The van der Waals surface area contributed by atoms with E-state index in [9.17, 15) is 22.0 Å². The minimum atomic E-state index is -3.10. The lowest BCUT2D eigenvalue weighted by Gasteiger charge is -2.42. The van der Waals surface area contributed by atoms with E-state index in [1.807, 2.05) is 4.90 Å². The fraction of sp³-hybridized carbons (Fsp3) is 0.714. The smallest absolute Gasteiger partial charge is 0.282 e. The second kappa shape index (κ2) is 6.07. The molecule has 24 heavy (non-hydrogen) atoms. The average Bonchev–Trinajstić information content (AvgIpc) is 2.97. The number of hydrogen-bond donors (Lipinski definition) is 0. The molecule has 1 amide bonds. The molecule has 0 aliphatic carbocycles. The molecule has 2 aliphatic rings. The van der Waals surface area contributed by atoms with Gasteiger partial charge in [-0.25, -0.2) is 22.2 Å². The fourth-order valence-corrected chi connectivity index (χ4v) is 3.85. The van der Waals surface area contributed by atoms with Crippen molar-refractivity contribution in [3.05, 3.63) is 18.2 Å². The molecular weight excluding hydrogens is 342 g/mol. The van der Waals surface area contributed by atoms with Crippen molar-refractivity contribution in [1.29, 1.82) is 0 Å². The summed E-state index contributed by atoms with van der Waals surface area (Å²) in [7, 11) is -3.10. The van der Waals surface area contributed by atoms with Crippen LogP contribution in [0.25, 0.3) is 0 Å². The molecule has 0 unspecified atom stereocenters. The summed E-state index contributed by atoms with van der Waals surface area (Å²) in [6, 6.07) is -0.642. The SMILES string of the molecule is CCS(=O)(=O)CCN1Cc2cncn2[C@@H](C(=O)N2CC(F)(F)C2)C1. The quantitative estimate of drug-likeness (QED) is 0.746. The number of sulfone groups is 1. The molecule has 10 heteroatoms. The number of halogens is 2. The molecule has 3 heterocycles. The summed E-state index contributed by atoms with van der Waals surface area (Å²) in [5.74, 6) is -3.09. The van der Waals surface area contributed by atoms with E-state index in [0.717, 1.165) is 10.6 Å². The van der Waals surface area contributed by atoms with Gasteiger partial charge in [0.15, 0.2) is 9.84 Å². The second-order valence-electron chi connectivity index (χ2n) is 6.33. The lowest BCUT2D eigenvalue weighted by atomic mass is 10.1. The van der Waals surface area contributed by atoms with Gasteiger partial charge in [0.1, 0.15) is 6.04 Å². The van der Waals surface area contributed by atoms with Gasteiger partial charge >= 0.3 is 0 Å². The molecule has 7 nitrogen and oxygen atoms in total. The minimum absolute atomic E-state index is 0.0142. The molecule has 3 rings (SSSR count). The number of aromatic nitrogens is 2. The molecule has 0 N–H and O–H groups in total. The number of hydrogen-bond acceptors (Lipinski definition) is 5. The number of likely N-dealkylation sites (tertiary alicyclic amines) is 1. The van der Waals surface area contributed by atoms with Crippen LogP contribution in [0, 0.1) is 0 Å². The summed E-state index contributed by atoms with van der Waals surface area (Å²) >= 11 is 0. The second-order valence-corrected chi connectivity index (χ2v) is 8.80. The van der Waals surface area contributed by atoms with E-state index < -0.39 is 34.9 Å². The van der Waals surface area contributed by atoms with Crippen LogP contribution in [0.15, 0.2) is 12.5 Å². The number of rotatable bonds is 5. The van der Waals surface area contributed by atoms with Gasteiger partial charge in [-0.3, -0.25) is 9.69 Å². The van der Waals surface area contributed by atoms with Gasteiger partial charge in [0.05, 0.1) is 30.9 Å². The normalized spacial score (nSPS) is 23.6. The maximum atomic E-state index is 13.0. The Kier molecular flexibility index (Phi) is 4.37. The molecule has 1 aromatic heterocycles. The highest BCUT2D eigenvalue weighted by Gasteiger charge is 2.48. The van der Waals surface area contributed by atoms with Crippen LogP contribution in [0.1, 0.15) is 18.7 Å². The van der Waals surface area contributed by atoms with Gasteiger partial charge in [0.25, 0.3) is 5.92 Å². The van der Waals surface area contributed by atoms with Gasteiger partial charge in [0, 0.05) is 31.6 Å². The highest BCUT2D eigenvalue weighted by atomic mass is 32.2. The Labute approximate surface area is 139 Å². The number of carbonyl (C=O) groups excluding carboxylic acids is 1. The van der Waals surface area contributed by atoms with Crippen molar-refractivity contribution in [2.45, 2.75) is 25.4 Å². The van der Waals surface area contributed by atoms with E-state index in [1.54, 1.807) is 17.7 Å². The number of imidazole rings is 1. The molecule has 1 saturated heterocycles. The van der Waals surface area contributed by atoms with Gasteiger partial charge in [-0.05, 0) is 0 Å². The van der Waals surface area contributed by atoms with Crippen molar-refractivity contribution in [2.24, 2.45) is 0 Å². The van der Waals surface area contributed by atoms with Crippen molar-refractivity contribution in [3.8, 4) is 0 Å². The monoisotopic (exact) mass is 362 g/mol. The Bertz CT molecular complexity index is 726. The molecular formula is C14H20F2N4O3S. The van der Waals surface area contributed by atoms with Gasteiger partial charge in [-0.15, -0.1) is 0 Å². The van der Waals surface area contributed by atoms with Crippen LogP contribution in [-0.2, 0) is 21.2 Å². The number of fused-ring (bicyclic) bond motifs is 1. The maximum Gasteiger partial charge on any atom is 0.282 e. The zero-order valence-electron chi connectivity index (χ0n) is 13.4. The topological polar surface area (TPSA) is 75.5 Å². The van der Waals surface area contributed by atoms with Crippen LogP contribution < -0.4 is 0 Å². The van der Waals surface area contributed by atoms with Gasteiger partial charge in [-0.2, -0.15) is 0 Å². The first kappa shape index (κ1) is 17.3. The van der Waals surface area contributed by atoms with E-state index >= 15 is 0 Å². The van der Waals surface area contributed by atoms with Crippen molar-refractivity contribution < 1.29 is 22.0 Å². The first-order chi connectivity index (χ1) is 11.2. The molecule has 1 aromatic rings. The van der Waals surface area contributed by atoms with Gasteiger partial charge in [-0.1, -0.05) is 6.92 Å². The number of carbonyl (C=O) groups is 1. The summed E-state index contributed by atoms with van der Waals surface area (Å²) in [6.07, 6.45) is 3.14. The Balaban J connectivity index is 1.71. The summed E-state index contributed by atoms with van der Waals surface area (Å²) in [5.41, 5.74) is 0.779. The molecule has 0 saturated carbocycles. The van der Waals surface area contributed by atoms with E-state index in [0.29, 0.717) is 19.6 Å². The Hall–Kier alpha value is -1.55. The number of amides is 1. The van der Waals surface area contributed by atoms with Crippen molar-refractivity contribution in [3.63, 3.8) is 0 Å². The van der Waals surface area contributed by atoms with Gasteiger partial charge < -0.3 is 9.47 Å². The third kappa shape index (κ3) is 3.44. The fourth-order valence-electron chi connectivity index (χ4n) is 3.02. The first-order valence-electron chi connectivity index (χ1n) is 7.81. The van der Waals surface area contributed by atoms with Crippen LogP contribution in [0.5, 0.6) is 0 Å². The lowest BCUT2D eigenvalue weighted by molar-refractivity contribution is -0.169. The van der Waals surface area contributed by atoms with E-state index in [4.69, 9.17) is 0 Å². The average molecular weight is 362 g/mol. The molecule has 1 fully saturated rings. The summed E-state index contributed by atoms with van der Waals surface area (Å²) in [6.45, 7) is 1.56. The number of nitrogens with zero attached hydrogens (tertiary/aromatic N) is 4. The van der Waals surface area contributed by atoms with Crippen molar-refractivity contribution in [2.75, 3.05) is 37.7 Å². The zero-order valence-corrected chi connectivity index (χ0v) is 14.2. The third-order valence-electron chi connectivity index (χ3n) is 4.50. The molecule has 2 aliphatic heterocycles. The minimum Gasteiger partial charge on any atom is -0.329 e. The van der Waals surface area contributed by atoms with E-state index in [-0.39, 0.29) is 17.4 Å². The predicted molar refractivity (Wildman–Crippen MR) is 82.4 cm³/mol. The summed E-state index contributed by atoms with van der Waals surface area (Å²) in [4.78, 5) is 19.6. The largest absolute Gasteiger partial charge is 0.329 e. The summed E-state index contributed by atoms with van der Waals surface area (Å²) < 4.78 is 51.1. The van der Waals surface area contributed by atoms with E-state index in [1.165, 1.54) is 6.33 Å². The maximum absolute atomic E-state index is 13.0. The third-order valence-corrected chi connectivity index (χ3v) is 6.18. The molecule has 0 radical (unpaired) electrons. The van der Waals surface area contributed by atoms with Crippen LogP contribution in [0.2, 0.25) is 0 Å².